The van der Waals surface area contributed by atoms with Crippen LogP contribution in [0.5, 0.6) is 34.5 Å². The number of hydrogen-bond acceptors (Lipinski definition) is 8. The minimum Gasteiger partial charge on any atom is -0.508 e. The van der Waals surface area contributed by atoms with Crippen molar-refractivity contribution in [3.05, 3.63) is 58.7 Å². The summed E-state index contributed by atoms with van der Waals surface area (Å²) in [5, 5.41) is 42.0. The molecule has 1 aliphatic carbocycles. The monoisotopic (exact) mass is 550 g/mol. The highest BCUT2D eigenvalue weighted by atomic mass is 16.5. The number of hydrogen-bond donors (Lipinski definition) is 4. The van der Waals surface area contributed by atoms with Crippen molar-refractivity contribution in [2.24, 2.45) is 0 Å². The van der Waals surface area contributed by atoms with Crippen LogP contribution < -0.4 is 18.9 Å². The van der Waals surface area contributed by atoms with E-state index in [4.69, 9.17) is 18.9 Å². The maximum Gasteiger partial charge on any atom is 0.200 e. The molecular weight excluding hydrogens is 512 g/mol. The lowest BCUT2D eigenvalue weighted by Gasteiger charge is -2.40. The lowest BCUT2D eigenvalue weighted by molar-refractivity contribution is -0.00357. The van der Waals surface area contributed by atoms with Gasteiger partial charge in [-0.2, -0.15) is 0 Å². The predicted octanol–water partition coefficient (Wildman–Crippen LogP) is 5.41. The van der Waals surface area contributed by atoms with Crippen LogP contribution in [0.2, 0.25) is 0 Å². The van der Waals surface area contributed by atoms with Gasteiger partial charge in [-0.25, -0.2) is 0 Å². The highest BCUT2D eigenvalue weighted by Gasteiger charge is 2.42. The Morgan fingerprint density at radius 3 is 2.38 bits per heavy atom. The molecular formula is C32H38O8. The molecule has 3 unspecified atom stereocenters. The van der Waals surface area contributed by atoms with E-state index in [1.807, 2.05) is 12.1 Å². The standard InChI is InChI=1S/C32H38O8/c1-4-5-6-7-23-29-22-10-8-18-14-20(34)9-11-21(18)28(22)24(39-13-12-33)17-25(29)40-32(30(23)35)19-15-26(37-2)31(36)27(16-19)38-3/h9,11,14-17,23,30,32-36H,4-8,10,12-13H2,1-3H3. The maximum atomic E-state index is 11.9. The Hall–Kier alpha value is -3.62. The fraction of sp³-hybridized carbons (Fsp3) is 0.438. The van der Waals surface area contributed by atoms with Crippen molar-refractivity contribution in [2.45, 2.75) is 63.6 Å². The van der Waals surface area contributed by atoms with Gasteiger partial charge in [-0.15, -0.1) is 0 Å². The number of phenolic OH excluding ortho intramolecular Hbond substituents is 2. The van der Waals surface area contributed by atoms with Crippen LogP contribution in [-0.2, 0) is 12.8 Å². The van der Waals surface area contributed by atoms with Crippen LogP contribution in [0.4, 0.5) is 0 Å². The minimum atomic E-state index is -0.863. The first-order valence-electron chi connectivity index (χ1n) is 14.0. The van der Waals surface area contributed by atoms with Gasteiger partial charge in [-0.05, 0) is 60.2 Å². The fourth-order valence-electron chi connectivity index (χ4n) is 6.18. The molecule has 4 N–H and O–H groups in total. The first-order valence-corrected chi connectivity index (χ1v) is 14.0. The van der Waals surface area contributed by atoms with Gasteiger partial charge in [0.2, 0.25) is 5.75 Å². The highest BCUT2D eigenvalue weighted by molar-refractivity contribution is 5.82. The zero-order chi connectivity index (χ0) is 28.4. The van der Waals surface area contributed by atoms with Gasteiger partial charge in [-0.1, -0.05) is 32.3 Å². The van der Waals surface area contributed by atoms with Gasteiger partial charge >= 0.3 is 0 Å². The Morgan fingerprint density at radius 2 is 1.70 bits per heavy atom. The summed E-state index contributed by atoms with van der Waals surface area (Å²) in [4.78, 5) is 0. The molecule has 0 aromatic heterocycles. The Labute approximate surface area is 234 Å². The molecule has 0 bridgehead atoms. The number of ether oxygens (including phenoxy) is 4. The number of aromatic hydroxyl groups is 2. The SMILES string of the molecule is CCCCCC1c2c(cc(OCCO)c3c2CCc2cc(O)ccc2-3)OC(c2cc(OC)c(O)c(OC)c2)C1O. The second-order valence-corrected chi connectivity index (χ2v) is 10.5. The Balaban J connectivity index is 1.69. The summed E-state index contributed by atoms with van der Waals surface area (Å²) in [5.74, 6) is 1.60. The number of methoxy groups -OCH3 is 2. The molecule has 0 spiro atoms. The first kappa shape index (κ1) is 27.9. The summed E-state index contributed by atoms with van der Waals surface area (Å²) in [6, 6.07) is 10.6. The summed E-state index contributed by atoms with van der Waals surface area (Å²) in [6.45, 7) is 2.14. The number of unbranched alkanes of at least 4 members (excludes halogenated alkanes) is 2. The molecule has 1 heterocycles. The topological polar surface area (TPSA) is 118 Å². The van der Waals surface area contributed by atoms with E-state index in [-0.39, 0.29) is 42.1 Å². The van der Waals surface area contributed by atoms with Crippen molar-refractivity contribution in [3.8, 4) is 45.6 Å². The van der Waals surface area contributed by atoms with E-state index in [9.17, 15) is 20.4 Å². The minimum absolute atomic E-state index is 0.114. The van der Waals surface area contributed by atoms with E-state index in [1.54, 1.807) is 24.3 Å². The van der Waals surface area contributed by atoms with Gasteiger partial charge < -0.3 is 39.4 Å². The van der Waals surface area contributed by atoms with E-state index in [0.29, 0.717) is 23.5 Å². The molecule has 2 aliphatic rings. The third-order valence-electron chi connectivity index (χ3n) is 8.05. The van der Waals surface area contributed by atoms with Crippen molar-refractivity contribution in [3.63, 3.8) is 0 Å². The van der Waals surface area contributed by atoms with Crippen molar-refractivity contribution in [1.82, 2.24) is 0 Å². The third kappa shape index (κ3) is 5.02. The number of benzene rings is 3. The number of phenols is 2. The molecule has 40 heavy (non-hydrogen) atoms. The van der Waals surface area contributed by atoms with Crippen LogP contribution in [0, 0.1) is 0 Å². The van der Waals surface area contributed by atoms with Gasteiger partial charge in [0.1, 0.15) is 30.0 Å². The lowest BCUT2D eigenvalue weighted by Crippen LogP contribution is -2.36. The molecule has 5 rings (SSSR count). The molecule has 8 heteroatoms. The quantitative estimate of drug-likeness (QED) is 0.248. The molecule has 8 nitrogen and oxygen atoms in total. The molecule has 0 radical (unpaired) electrons. The van der Waals surface area contributed by atoms with Crippen molar-refractivity contribution in [1.29, 1.82) is 0 Å². The molecule has 3 atom stereocenters. The van der Waals surface area contributed by atoms with Gasteiger partial charge in [0.05, 0.1) is 20.8 Å². The van der Waals surface area contributed by atoms with Gasteiger partial charge in [0, 0.05) is 28.7 Å². The zero-order valence-corrected chi connectivity index (χ0v) is 23.3. The molecule has 214 valence electrons. The summed E-state index contributed by atoms with van der Waals surface area (Å²) in [6.07, 6.45) is 3.68. The number of rotatable bonds is 10. The molecule has 0 amide bonds. The summed E-state index contributed by atoms with van der Waals surface area (Å²) in [5.41, 5.74) is 5.62. The number of aryl methyl sites for hydroxylation is 1. The molecule has 0 saturated carbocycles. The van der Waals surface area contributed by atoms with Crippen LogP contribution in [0.25, 0.3) is 11.1 Å². The van der Waals surface area contributed by atoms with E-state index < -0.39 is 12.2 Å². The summed E-state index contributed by atoms with van der Waals surface area (Å²) in [7, 11) is 2.93. The van der Waals surface area contributed by atoms with Gasteiger partial charge in [0.25, 0.3) is 0 Å². The van der Waals surface area contributed by atoms with E-state index in [2.05, 4.69) is 6.92 Å². The molecule has 1 aliphatic heterocycles. The van der Waals surface area contributed by atoms with Crippen LogP contribution in [-0.4, -0.2) is 54.0 Å². The molecule has 3 aromatic rings. The molecule has 0 fully saturated rings. The van der Waals surface area contributed by atoms with E-state index >= 15 is 0 Å². The second-order valence-electron chi connectivity index (χ2n) is 10.5. The second kappa shape index (κ2) is 11.9. The summed E-state index contributed by atoms with van der Waals surface area (Å²) >= 11 is 0. The maximum absolute atomic E-state index is 11.9. The van der Waals surface area contributed by atoms with Crippen LogP contribution in [0.3, 0.4) is 0 Å². The van der Waals surface area contributed by atoms with E-state index in [0.717, 1.165) is 59.9 Å². The van der Waals surface area contributed by atoms with E-state index in [1.165, 1.54) is 14.2 Å². The molecule has 3 aromatic carbocycles. The third-order valence-corrected chi connectivity index (χ3v) is 8.05. The Morgan fingerprint density at radius 1 is 0.950 bits per heavy atom. The van der Waals surface area contributed by atoms with Crippen molar-refractivity contribution < 1.29 is 39.4 Å². The fourth-order valence-corrected chi connectivity index (χ4v) is 6.18. The predicted molar refractivity (Wildman–Crippen MR) is 151 cm³/mol. The van der Waals surface area contributed by atoms with Crippen LogP contribution in [0.1, 0.15) is 66.9 Å². The summed E-state index contributed by atoms with van der Waals surface area (Å²) < 4.78 is 23.4. The van der Waals surface area contributed by atoms with Gasteiger partial charge in [0.15, 0.2) is 17.6 Å². The zero-order valence-electron chi connectivity index (χ0n) is 23.3. The first-order chi connectivity index (χ1) is 19.4. The smallest absolute Gasteiger partial charge is 0.200 e. The number of fused-ring (bicyclic) bond motifs is 5. The number of aliphatic hydroxyl groups excluding tert-OH is 2. The van der Waals surface area contributed by atoms with Crippen LogP contribution in [0.15, 0.2) is 36.4 Å². The Bertz CT molecular complexity index is 1340. The highest BCUT2D eigenvalue weighted by Crippen LogP contribution is 2.54. The van der Waals surface area contributed by atoms with Crippen LogP contribution >= 0.6 is 0 Å². The lowest BCUT2D eigenvalue weighted by atomic mass is 9.74. The Kier molecular flexibility index (Phi) is 8.28. The molecule has 0 saturated heterocycles. The van der Waals surface area contributed by atoms with Crippen molar-refractivity contribution in [2.75, 3.05) is 27.4 Å². The number of aliphatic hydroxyl groups is 2. The average Bonchev–Trinajstić information content (AvgIpc) is 2.96. The average molecular weight is 551 g/mol. The van der Waals surface area contributed by atoms with Gasteiger partial charge in [-0.3, -0.25) is 0 Å². The largest absolute Gasteiger partial charge is 0.508 e. The van der Waals surface area contributed by atoms with Crippen molar-refractivity contribution >= 4 is 0 Å². The normalized spacial score (nSPS) is 19.2.